The SMILES string of the molecule is CCC(SCc1ncoc1C)C(=O)O. The van der Waals surface area contributed by atoms with Crippen molar-refractivity contribution in [2.45, 2.75) is 31.3 Å². The van der Waals surface area contributed by atoms with Crippen molar-refractivity contribution >= 4 is 17.7 Å². The van der Waals surface area contributed by atoms with Crippen LogP contribution in [-0.2, 0) is 10.5 Å². The lowest BCUT2D eigenvalue weighted by Gasteiger charge is -2.07. The number of nitrogens with zero attached hydrogens (tertiary/aromatic N) is 1. The van der Waals surface area contributed by atoms with Crippen LogP contribution in [0.25, 0.3) is 0 Å². The van der Waals surface area contributed by atoms with E-state index >= 15 is 0 Å². The largest absolute Gasteiger partial charge is 0.480 e. The molecule has 4 nitrogen and oxygen atoms in total. The number of hydrogen-bond donors (Lipinski definition) is 1. The van der Waals surface area contributed by atoms with Gasteiger partial charge in [-0.3, -0.25) is 4.79 Å². The number of carboxylic acid groups (broad SMARTS) is 1. The zero-order chi connectivity index (χ0) is 10.6. The molecule has 5 heteroatoms. The van der Waals surface area contributed by atoms with E-state index in [1.807, 2.05) is 13.8 Å². The molecule has 0 aliphatic heterocycles. The Morgan fingerprint density at radius 1 is 1.79 bits per heavy atom. The maximum atomic E-state index is 10.7. The number of oxazole rings is 1. The lowest BCUT2D eigenvalue weighted by molar-refractivity contribution is -0.136. The Kier molecular flexibility index (Phi) is 4.00. The van der Waals surface area contributed by atoms with Gasteiger partial charge in [0, 0.05) is 5.75 Å². The highest BCUT2D eigenvalue weighted by atomic mass is 32.2. The van der Waals surface area contributed by atoms with Gasteiger partial charge in [0.2, 0.25) is 0 Å². The topological polar surface area (TPSA) is 63.3 Å². The van der Waals surface area contributed by atoms with Crippen LogP contribution in [0, 0.1) is 6.92 Å². The minimum atomic E-state index is -0.765. The quantitative estimate of drug-likeness (QED) is 0.814. The van der Waals surface area contributed by atoms with Crippen LogP contribution < -0.4 is 0 Å². The molecule has 0 amide bonds. The molecule has 0 aliphatic carbocycles. The van der Waals surface area contributed by atoms with E-state index in [0.717, 1.165) is 11.5 Å². The molecule has 1 atom stereocenters. The number of carbonyl (C=O) groups is 1. The molecular formula is C9H13NO3S. The predicted molar refractivity (Wildman–Crippen MR) is 54.2 cm³/mol. The van der Waals surface area contributed by atoms with Crippen LogP contribution in [-0.4, -0.2) is 21.3 Å². The van der Waals surface area contributed by atoms with Crippen LogP contribution >= 0.6 is 11.8 Å². The van der Waals surface area contributed by atoms with Crippen molar-refractivity contribution in [3.8, 4) is 0 Å². The molecular weight excluding hydrogens is 202 g/mol. The number of aryl methyl sites for hydroxylation is 1. The van der Waals surface area contributed by atoms with Gasteiger partial charge in [-0.15, -0.1) is 11.8 Å². The molecule has 0 saturated carbocycles. The van der Waals surface area contributed by atoms with Gasteiger partial charge in [-0.2, -0.15) is 0 Å². The highest BCUT2D eigenvalue weighted by molar-refractivity contribution is 7.99. The minimum absolute atomic E-state index is 0.355. The zero-order valence-electron chi connectivity index (χ0n) is 8.19. The molecule has 0 fully saturated rings. The summed E-state index contributed by atoms with van der Waals surface area (Å²) in [5.74, 6) is 0.587. The van der Waals surface area contributed by atoms with Crippen LogP contribution in [0.2, 0.25) is 0 Å². The second-order valence-electron chi connectivity index (χ2n) is 2.90. The maximum absolute atomic E-state index is 10.7. The summed E-state index contributed by atoms with van der Waals surface area (Å²) >= 11 is 1.38. The summed E-state index contributed by atoms with van der Waals surface area (Å²) in [6.45, 7) is 3.69. The first-order valence-electron chi connectivity index (χ1n) is 4.38. The first kappa shape index (κ1) is 11.1. The fourth-order valence-electron chi connectivity index (χ4n) is 1.01. The smallest absolute Gasteiger partial charge is 0.316 e. The summed E-state index contributed by atoms with van der Waals surface area (Å²) in [6.07, 6.45) is 2.00. The maximum Gasteiger partial charge on any atom is 0.316 e. The monoisotopic (exact) mass is 215 g/mol. The van der Waals surface area contributed by atoms with Crippen LogP contribution in [0.4, 0.5) is 0 Å². The fourth-order valence-corrected chi connectivity index (χ4v) is 2.03. The first-order valence-corrected chi connectivity index (χ1v) is 5.43. The van der Waals surface area contributed by atoms with E-state index in [1.54, 1.807) is 0 Å². The van der Waals surface area contributed by atoms with E-state index < -0.39 is 5.97 Å². The third kappa shape index (κ3) is 2.77. The van der Waals surface area contributed by atoms with Gasteiger partial charge in [-0.25, -0.2) is 4.98 Å². The van der Waals surface area contributed by atoms with E-state index in [0.29, 0.717) is 12.2 Å². The lowest BCUT2D eigenvalue weighted by atomic mass is 10.3. The van der Waals surface area contributed by atoms with E-state index in [4.69, 9.17) is 9.52 Å². The summed E-state index contributed by atoms with van der Waals surface area (Å²) in [4.78, 5) is 14.7. The normalized spacial score (nSPS) is 12.7. The van der Waals surface area contributed by atoms with Crippen LogP contribution in [0.1, 0.15) is 24.8 Å². The standard InChI is InChI=1S/C9H13NO3S/c1-3-8(9(11)12)14-4-7-6(2)13-5-10-7/h5,8H,3-4H2,1-2H3,(H,11,12). The molecule has 0 bridgehead atoms. The average Bonchev–Trinajstić information content (AvgIpc) is 2.52. The Balaban J connectivity index is 2.47. The van der Waals surface area contributed by atoms with Crippen molar-refractivity contribution < 1.29 is 14.3 Å². The molecule has 1 heterocycles. The van der Waals surface area contributed by atoms with Gasteiger partial charge in [0.1, 0.15) is 11.0 Å². The van der Waals surface area contributed by atoms with E-state index in [-0.39, 0.29) is 5.25 Å². The van der Waals surface area contributed by atoms with Gasteiger partial charge < -0.3 is 9.52 Å². The molecule has 0 saturated heterocycles. The first-order chi connectivity index (χ1) is 6.65. The van der Waals surface area contributed by atoms with E-state index in [9.17, 15) is 4.79 Å². The molecule has 0 spiro atoms. The van der Waals surface area contributed by atoms with Crippen molar-refractivity contribution in [1.82, 2.24) is 4.98 Å². The molecule has 1 aromatic rings. The number of aliphatic carboxylic acids is 1. The summed E-state index contributed by atoms with van der Waals surface area (Å²) in [7, 11) is 0. The number of carboxylic acids is 1. The predicted octanol–water partition coefficient (Wildman–Crippen LogP) is 2.08. The number of hydrogen-bond acceptors (Lipinski definition) is 4. The van der Waals surface area contributed by atoms with Gasteiger partial charge in [0.05, 0.1) is 5.69 Å². The minimum Gasteiger partial charge on any atom is -0.480 e. The van der Waals surface area contributed by atoms with Gasteiger partial charge >= 0.3 is 5.97 Å². The summed E-state index contributed by atoms with van der Waals surface area (Å²) in [5.41, 5.74) is 0.828. The third-order valence-corrected chi connectivity index (χ3v) is 3.29. The Bertz CT molecular complexity index is 311. The summed E-state index contributed by atoms with van der Waals surface area (Å²) in [6, 6.07) is 0. The van der Waals surface area contributed by atoms with Gasteiger partial charge in [0.15, 0.2) is 6.39 Å². The average molecular weight is 215 g/mol. The number of aromatic nitrogens is 1. The number of thioether (sulfide) groups is 1. The van der Waals surface area contributed by atoms with Crippen molar-refractivity contribution in [2.24, 2.45) is 0 Å². The lowest BCUT2D eigenvalue weighted by Crippen LogP contribution is -2.15. The second kappa shape index (κ2) is 5.05. The van der Waals surface area contributed by atoms with Crippen molar-refractivity contribution in [3.63, 3.8) is 0 Å². The van der Waals surface area contributed by atoms with Crippen LogP contribution in [0.3, 0.4) is 0 Å². The summed E-state index contributed by atoms with van der Waals surface area (Å²) < 4.78 is 5.02. The molecule has 0 aromatic carbocycles. The van der Waals surface area contributed by atoms with Crippen molar-refractivity contribution in [1.29, 1.82) is 0 Å². The zero-order valence-corrected chi connectivity index (χ0v) is 9.00. The summed E-state index contributed by atoms with van der Waals surface area (Å²) in [5, 5.41) is 8.45. The molecule has 1 unspecified atom stereocenters. The Hall–Kier alpha value is -0.970. The highest BCUT2D eigenvalue weighted by Gasteiger charge is 2.16. The van der Waals surface area contributed by atoms with Crippen LogP contribution in [0.15, 0.2) is 10.8 Å². The van der Waals surface area contributed by atoms with E-state index in [1.165, 1.54) is 18.2 Å². The highest BCUT2D eigenvalue weighted by Crippen LogP contribution is 2.21. The van der Waals surface area contributed by atoms with Gasteiger partial charge in [-0.1, -0.05) is 6.92 Å². The molecule has 1 rings (SSSR count). The Labute approximate surface area is 86.7 Å². The molecule has 0 aliphatic rings. The second-order valence-corrected chi connectivity index (χ2v) is 4.09. The van der Waals surface area contributed by atoms with Gasteiger partial charge in [0.25, 0.3) is 0 Å². The molecule has 1 aromatic heterocycles. The van der Waals surface area contributed by atoms with Crippen molar-refractivity contribution in [3.05, 3.63) is 17.8 Å². The fraction of sp³-hybridized carbons (Fsp3) is 0.556. The van der Waals surface area contributed by atoms with Crippen LogP contribution in [0.5, 0.6) is 0 Å². The molecule has 0 radical (unpaired) electrons. The molecule has 78 valence electrons. The molecule has 1 N–H and O–H groups in total. The van der Waals surface area contributed by atoms with E-state index in [2.05, 4.69) is 4.98 Å². The number of rotatable bonds is 5. The van der Waals surface area contributed by atoms with Crippen molar-refractivity contribution in [2.75, 3.05) is 0 Å². The van der Waals surface area contributed by atoms with Gasteiger partial charge in [-0.05, 0) is 13.3 Å². The molecule has 14 heavy (non-hydrogen) atoms. The Morgan fingerprint density at radius 2 is 2.50 bits per heavy atom. The third-order valence-electron chi connectivity index (χ3n) is 1.91. The Morgan fingerprint density at radius 3 is 2.93 bits per heavy atom.